The zero-order valence-electron chi connectivity index (χ0n) is 17.2. The number of esters is 2. The van der Waals surface area contributed by atoms with Crippen LogP contribution in [0, 0.1) is 11.3 Å². The molecule has 0 radical (unpaired) electrons. The Kier molecular flexibility index (Phi) is 13.5. The highest BCUT2D eigenvalue weighted by atomic mass is 16.5. The van der Waals surface area contributed by atoms with Gasteiger partial charge >= 0.3 is 11.9 Å². The van der Waals surface area contributed by atoms with Gasteiger partial charge in [-0.05, 0) is 30.6 Å². The van der Waals surface area contributed by atoms with Crippen LogP contribution >= 0.6 is 0 Å². The Hall–Kier alpha value is -1.06. The van der Waals surface area contributed by atoms with Crippen LogP contribution in [0.25, 0.3) is 0 Å². The maximum Gasteiger partial charge on any atom is 0.305 e. The summed E-state index contributed by atoms with van der Waals surface area (Å²) in [5.41, 5.74) is 0.242. The summed E-state index contributed by atoms with van der Waals surface area (Å²) in [6.07, 6.45) is 9.16. The van der Waals surface area contributed by atoms with Gasteiger partial charge in [0.15, 0.2) is 0 Å². The number of hydrogen-bond donors (Lipinski definition) is 0. The number of ether oxygens (including phenoxy) is 2. The second-order valence-electron chi connectivity index (χ2n) is 8.39. The van der Waals surface area contributed by atoms with Crippen molar-refractivity contribution < 1.29 is 19.1 Å². The lowest BCUT2D eigenvalue weighted by molar-refractivity contribution is -0.146. The molecule has 4 nitrogen and oxygen atoms in total. The van der Waals surface area contributed by atoms with E-state index in [1.165, 1.54) is 25.7 Å². The average molecular weight is 357 g/mol. The third-order valence-electron chi connectivity index (χ3n) is 4.01. The molecule has 0 aromatic carbocycles. The number of carbonyl (C=O) groups excluding carboxylic acids is 2. The Bertz CT molecular complexity index is 357. The van der Waals surface area contributed by atoms with Crippen LogP contribution in [-0.4, -0.2) is 25.2 Å². The quantitative estimate of drug-likeness (QED) is 0.297. The fourth-order valence-electron chi connectivity index (χ4n) is 2.93. The molecule has 25 heavy (non-hydrogen) atoms. The first kappa shape index (κ1) is 23.9. The van der Waals surface area contributed by atoms with Gasteiger partial charge in [0, 0.05) is 12.8 Å². The van der Waals surface area contributed by atoms with E-state index in [9.17, 15) is 9.59 Å². The number of carbonyl (C=O) groups is 2. The summed E-state index contributed by atoms with van der Waals surface area (Å²) in [6.45, 7) is 11.8. The van der Waals surface area contributed by atoms with Crippen molar-refractivity contribution in [1.82, 2.24) is 0 Å². The van der Waals surface area contributed by atoms with Gasteiger partial charge in [0.2, 0.25) is 0 Å². The van der Waals surface area contributed by atoms with Crippen molar-refractivity contribution in [3.8, 4) is 0 Å². The van der Waals surface area contributed by atoms with Crippen LogP contribution in [0.5, 0.6) is 0 Å². The minimum absolute atomic E-state index is 0.206. The Morgan fingerprint density at radius 3 is 2.00 bits per heavy atom. The maximum atomic E-state index is 11.7. The molecule has 0 aliphatic carbocycles. The fourth-order valence-corrected chi connectivity index (χ4v) is 2.93. The summed E-state index contributed by atoms with van der Waals surface area (Å²) in [5.74, 6) is -0.0711. The molecular weight excluding hydrogens is 316 g/mol. The molecule has 0 N–H and O–H groups in total. The smallest absolute Gasteiger partial charge is 0.305 e. The first-order valence-corrected chi connectivity index (χ1v) is 10.1. The van der Waals surface area contributed by atoms with Crippen molar-refractivity contribution >= 4 is 11.9 Å². The van der Waals surface area contributed by atoms with E-state index in [0.717, 1.165) is 19.3 Å². The van der Waals surface area contributed by atoms with Crippen LogP contribution in [0.2, 0.25) is 0 Å². The van der Waals surface area contributed by atoms with E-state index >= 15 is 0 Å². The van der Waals surface area contributed by atoms with E-state index in [0.29, 0.717) is 32.0 Å². The minimum Gasteiger partial charge on any atom is -0.466 e. The molecule has 1 atom stereocenters. The molecule has 0 saturated carbocycles. The summed E-state index contributed by atoms with van der Waals surface area (Å²) in [6, 6.07) is 0. The van der Waals surface area contributed by atoms with Crippen molar-refractivity contribution in [2.75, 3.05) is 13.2 Å². The third kappa shape index (κ3) is 17.6. The van der Waals surface area contributed by atoms with Crippen LogP contribution in [0.15, 0.2) is 0 Å². The highest BCUT2D eigenvalue weighted by Gasteiger charge is 2.16. The van der Waals surface area contributed by atoms with Crippen molar-refractivity contribution in [3.05, 3.63) is 0 Å². The molecule has 0 fully saturated rings. The molecule has 0 spiro atoms. The van der Waals surface area contributed by atoms with Crippen LogP contribution in [0.1, 0.15) is 98.8 Å². The summed E-state index contributed by atoms with van der Waals surface area (Å²) < 4.78 is 10.5. The third-order valence-corrected chi connectivity index (χ3v) is 4.01. The Balaban J connectivity index is 3.55. The minimum atomic E-state index is -0.218. The van der Waals surface area contributed by atoms with Gasteiger partial charge in [0.25, 0.3) is 0 Å². The largest absolute Gasteiger partial charge is 0.466 e. The van der Waals surface area contributed by atoms with Crippen LogP contribution in [0.4, 0.5) is 0 Å². The topological polar surface area (TPSA) is 52.6 Å². The summed E-state index contributed by atoms with van der Waals surface area (Å²) in [5, 5.41) is 0. The van der Waals surface area contributed by atoms with Gasteiger partial charge in [0.1, 0.15) is 0 Å². The lowest BCUT2D eigenvalue weighted by Gasteiger charge is -2.22. The molecule has 0 aliphatic heterocycles. The lowest BCUT2D eigenvalue weighted by atomic mass is 9.86. The molecule has 0 amide bonds. The van der Waals surface area contributed by atoms with Gasteiger partial charge < -0.3 is 9.47 Å². The first-order chi connectivity index (χ1) is 11.7. The van der Waals surface area contributed by atoms with Gasteiger partial charge in [0.05, 0.1) is 13.2 Å². The van der Waals surface area contributed by atoms with Gasteiger partial charge in [-0.25, -0.2) is 0 Å². The van der Waals surface area contributed by atoms with Crippen LogP contribution in [0.3, 0.4) is 0 Å². The lowest BCUT2D eigenvalue weighted by Crippen LogP contribution is -2.17. The van der Waals surface area contributed by atoms with Crippen molar-refractivity contribution in [2.45, 2.75) is 98.8 Å². The highest BCUT2D eigenvalue weighted by molar-refractivity contribution is 5.72. The van der Waals surface area contributed by atoms with E-state index in [1.807, 2.05) is 0 Å². The maximum absolute atomic E-state index is 11.7. The van der Waals surface area contributed by atoms with Gasteiger partial charge in [-0.1, -0.05) is 66.7 Å². The Labute approximate surface area is 155 Å². The summed E-state index contributed by atoms with van der Waals surface area (Å²) in [4.78, 5) is 23.3. The van der Waals surface area contributed by atoms with Crippen molar-refractivity contribution in [1.29, 1.82) is 0 Å². The predicted molar refractivity (Wildman–Crippen MR) is 102 cm³/mol. The zero-order chi connectivity index (χ0) is 19.1. The number of rotatable bonds is 14. The van der Waals surface area contributed by atoms with Crippen LogP contribution < -0.4 is 0 Å². The molecular formula is C21H40O4. The van der Waals surface area contributed by atoms with Gasteiger partial charge in [-0.15, -0.1) is 0 Å². The fraction of sp³-hybridized carbons (Fsp3) is 0.905. The molecule has 0 aromatic rings. The first-order valence-electron chi connectivity index (χ1n) is 10.1. The van der Waals surface area contributed by atoms with Gasteiger partial charge in [-0.2, -0.15) is 0 Å². The molecule has 0 bridgehead atoms. The Morgan fingerprint density at radius 2 is 1.40 bits per heavy atom. The van der Waals surface area contributed by atoms with Gasteiger partial charge in [-0.3, -0.25) is 9.59 Å². The zero-order valence-corrected chi connectivity index (χ0v) is 17.2. The highest BCUT2D eigenvalue weighted by Crippen LogP contribution is 2.24. The van der Waals surface area contributed by atoms with Crippen LogP contribution in [-0.2, 0) is 19.1 Å². The molecule has 4 heteroatoms. The standard InChI is InChI=1S/C21H40O4/c1-6-7-8-9-10-11-15-24-19(22)13-12-14-20(23)25-17-18(2)16-21(3,4)5/h18H,6-17H2,1-5H3. The molecule has 0 aromatic heterocycles. The monoisotopic (exact) mass is 356 g/mol. The second kappa shape index (κ2) is 14.1. The summed E-state index contributed by atoms with van der Waals surface area (Å²) >= 11 is 0. The van der Waals surface area contributed by atoms with E-state index < -0.39 is 0 Å². The molecule has 1 unspecified atom stereocenters. The van der Waals surface area contributed by atoms with Crippen molar-refractivity contribution in [2.24, 2.45) is 11.3 Å². The average Bonchev–Trinajstić information content (AvgIpc) is 2.50. The number of hydrogen-bond acceptors (Lipinski definition) is 4. The second-order valence-corrected chi connectivity index (χ2v) is 8.39. The molecule has 0 saturated heterocycles. The molecule has 0 heterocycles. The van der Waals surface area contributed by atoms with E-state index in [-0.39, 0.29) is 23.8 Å². The van der Waals surface area contributed by atoms with E-state index in [1.54, 1.807) is 0 Å². The normalized spacial score (nSPS) is 12.7. The molecule has 0 rings (SSSR count). The molecule has 0 aliphatic rings. The van der Waals surface area contributed by atoms with E-state index in [2.05, 4.69) is 34.6 Å². The summed E-state index contributed by atoms with van der Waals surface area (Å²) in [7, 11) is 0. The molecule has 148 valence electrons. The number of unbranched alkanes of at least 4 members (excludes halogenated alkanes) is 5. The van der Waals surface area contributed by atoms with E-state index in [4.69, 9.17) is 9.47 Å². The predicted octanol–water partition coefficient (Wildman–Crippen LogP) is 5.68. The van der Waals surface area contributed by atoms with Crippen molar-refractivity contribution in [3.63, 3.8) is 0 Å². The Morgan fingerprint density at radius 1 is 0.840 bits per heavy atom. The SMILES string of the molecule is CCCCCCCCOC(=O)CCCC(=O)OCC(C)CC(C)(C)C.